The quantitative estimate of drug-likeness (QED) is 0.878. The third-order valence-corrected chi connectivity index (χ3v) is 3.97. The number of likely N-dealkylation sites (tertiary alicyclic amines) is 1. The maximum absolute atomic E-state index is 12.4. The lowest BCUT2D eigenvalue weighted by molar-refractivity contribution is -0.142. The highest BCUT2D eigenvalue weighted by Gasteiger charge is 2.32. The zero-order valence-electron chi connectivity index (χ0n) is 11.3. The summed E-state index contributed by atoms with van der Waals surface area (Å²) >= 11 is 0. The van der Waals surface area contributed by atoms with Crippen molar-refractivity contribution in [2.75, 3.05) is 26.3 Å². The molecule has 0 bridgehead atoms. The van der Waals surface area contributed by atoms with E-state index in [-0.39, 0.29) is 19.1 Å². The molecule has 0 radical (unpaired) electrons. The molecule has 108 valence electrons. The van der Waals surface area contributed by atoms with E-state index in [4.69, 9.17) is 14.6 Å². The van der Waals surface area contributed by atoms with Gasteiger partial charge in [0.05, 0.1) is 0 Å². The third-order valence-electron chi connectivity index (χ3n) is 3.97. The lowest BCUT2D eigenvalue weighted by atomic mass is 9.97. The Morgan fingerprint density at radius 3 is 2.65 bits per heavy atom. The number of benzene rings is 1. The number of piperidine rings is 1. The van der Waals surface area contributed by atoms with Crippen molar-refractivity contribution in [1.29, 1.82) is 0 Å². The lowest BCUT2D eigenvalue weighted by Gasteiger charge is -2.34. The van der Waals surface area contributed by atoms with E-state index in [9.17, 15) is 4.79 Å². The van der Waals surface area contributed by atoms with Crippen molar-refractivity contribution in [3.63, 3.8) is 0 Å². The predicted molar refractivity (Wildman–Crippen MR) is 72.7 cm³/mol. The summed E-state index contributed by atoms with van der Waals surface area (Å²) in [6, 6.07) is 7.39. The zero-order valence-corrected chi connectivity index (χ0v) is 11.3. The Kier molecular flexibility index (Phi) is 3.78. The molecular formula is C15H19NO4. The van der Waals surface area contributed by atoms with Gasteiger partial charge in [-0.1, -0.05) is 12.1 Å². The minimum Gasteiger partial charge on any atom is -0.485 e. The van der Waals surface area contributed by atoms with Gasteiger partial charge in [0.25, 0.3) is 5.91 Å². The summed E-state index contributed by atoms with van der Waals surface area (Å²) in [5, 5.41) is 9.13. The number of carbonyl (C=O) groups is 1. The molecule has 0 aromatic heterocycles. The third kappa shape index (κ3) is 2.58. The lowest BCUT2D eigenvalue weighted by Crippen LogP contribution is -2.49. The van der Waals surface area contributed by atoms with Gasteiger partial charge in [0.1, 0.15) is 6.61 Å². The highest BCUT2D eigenvalue weighted by Crippen LogP contribution is 2.31. The van der Waals surface area contributed by atoms with Crippen molar-refractivity contribution in [2.24, 2.45) is 5.92 Å². The minimum atomic E-state index is -0.560. The number of hydrogen-bond acceptors (Lipinski definition) is 4. The number of fused-ring (bicyclic) bond motifs is 1. The topological polar surface area (TPSA) is 59.0 Å². The first-order valence-electron chi connectivity index (χ1n) is 7.06. The number of rotatable bonds is 2. The van der Waals surface area contributed by atoms with Crippen molar-refractivity contribution < 1.29 is 19.4 Å². The van der Waals surface area contributed by atoms with Gasteiger partial charge in [0.2, 0.25) is 6.10 Å². The van der Waals surface area contributed by atoms with Crippen LogP contribution in [0.25, 0.3) is 0 Å². The number of aliphatic hydroxyl groups excluding tert-OH is 1. The minimum absolute atomic E-state index is 0.0177. The number of nitrogens with zero attached hydrogens (tertiary/aromatic N) is 1. The summed E-state index contributed by atoms with van der Waals surface area (Å²) in [7, 11) is 0. The van der Waals surface area contributed by atoms with E-state index in [1.807, 2.05) is 29.2 Å². The van der Waals surface area contributed by atoms with Crippen LogP contribution in [0, 0.1) is 5.92 Å². The summed E-state index contributed by atoms with van der Waals surface area (Å²) in [6.45, 7) is 1.84. The molecular weight excluding hydrogens is 258 g/mol. The van der Waals surface area contributed by atoms with Gasteiger partial charge in [-0.3, -0.25) is 4.79 Å². The van der Waals surface area contributed by atoms with Crippen molar-refractivity contribution in [3.8, 4) is 11.5 Å². The second-order valence-corrected chi connectivity index (χ2v) is 5.32. The van der Waals surface area contributed by atoms with Gasteiger partial charge in [-0.25, -0.2) is 0 Å². The first-order valence-corrected chi connectivity index (χ1v) is 7.06. The summed E-state index contributed by atoms with van der Waals surface area (Å²) < 4.78 is 11.3. The average molecular weight is 277 g/mol. The molecule has 2 aliphatic rings. The fourth-order valence-electron chi connectivity index (χ4n) is 2.68. The van der Waals surface area contributed by atoms with Gasteiger partial charge in [-0.05, 0) is 30.9 Å². The molecule has 1 aromatic carbocycles. The molecule has 2 aliphatic heterocycles. The molecule has 1 N–H and O–H groups in total. The highest BCUT2D eigenvalue weighted by molar-refractivity contribution is 5.82. The summed E-state index contributed by atoms with van der Waals surface area (Å²) in [4.78, 5) is 14.2. The van der Waals surface area contributed by atoms with E-state index in [2.05, 4.69) is 0 Å². The van der Waals surface area contributed by atoms with Crippen molar-refractivity contribution in [3.05, 3.63) is 24.3 Å². The monoisotopic (exact) mass is 277 g/mol. The molecule has 1 fully saturated rings. The number of para-hydroxylation sites is 2. The molecule has 1 atom stereocenters. The number of carbonyl (C=O) groups excluding carboxylic acids is 1. The van der Waals surface area contributed by atoms with Crippen LogP contribution in [-0.2, 0) is 4.79 Å². The maximum atomic E-state index is 12.4. The molecule has 0 aliphatic carbocycles. The average Bonchev–Trinajstić information content (AvgIpc) is 2.54. The van der Waals surface area contributed by atoms with E-state index in [1.54, 1.807) is 0 Å². The Morgan fingerprint density at radius 2 is 1.95 bits per heavy atom. The Labute approximate surface area is 118 Å². The standard InChI is InChI=1S/C15H19NO4/c17-9-11-5-7-16(8-6-11)15(18)14-10-19-12-3-1-2-4-13(12)20-14/h1-4,11,14,17H,5-10H2. The highest BCUT2D eigenvalue weighted by atomic mass is 16.6. The van der Waals surface area contributed by atoms with E-state index >= 15 is 0 Å². The van der Waals surface area contributed by atoms with Crippen molar-refractivity contribution in [1.82, 2.24) is 4.90 Å². The van der Waals surface area contributed by atoms with Gasteiger partial charge < -0.3 is 19.5 Å². The summed E-state index contributed by atoms with van der Waals surface area (Å²) in [5.74, 6) is 1.62. The maximum Gasteiger partial charge on any atom is 0.267 e. The largest absolute Gasteiger partial charge is 0.485 e. The molecule has 1 unspecified atom stereocenters. The molecule has 20 heavy (non-hydrogen) atoms. The van der Waals surface area contributed by atoms with Crippen molar-refractivity contribution in [2.45, 2.75) is 18.9 Å². The summed E-state index contributed by atoms with van der Waals surface area (Å²) in [5.41, 5.74) is 0. The summed E-state index contributed by atoms with van der Waals surface area (Å²) in [6.07, 6.45) is 1.15. The molecule has 5 nitrogen and oxygen atoms in total. The molecule has 0 spiro atoms. The molecule has 2 heterocycles. The fourth-order valence-corrected chi connectivity index (χ4v) is 2.68. The van der Waals surface area contributed by atoms with Gasteiger partial charge in [0.15, 0.2) is 11.5 Å². The number of amides is 1. The van der Waals surface area contributed by atoms with Crippen LogP contribution in [0.5, 0.6) is 11.5 Å². The van der Waals surface area contributed by atoms with Gasteiger partial charge in [-0.2, -0.15) is 0 Å². The second-order valence-electron chi connectivity index (χ2n) is 5.32. The van der Waals surface area contributed by atoms with Crippen LogP contribution in [0.3, 0.4) is 0 Å². The molecule has 0 saturated carbocycles. The van der Waals surface area contributed by atoms with Crippen LogP contribution in [0.15, 0.2) is 24.3 Å². The van der Waals surface area contributed by atoms with E-state index < -0.39 is 6.10 Å². The van der Waals surface area contributed by atoms with Crippen LogP contribution in [0.4, 0.5) is 0 Å². The van der Waals surface area contributed by atoms with Crippen LogP contribution >= 0.6 is 0 Å². The van der Waals surface area contributed by atoms with Crippen LogP contribution in [-0.4, -0.2) is 48.3 Å². The first-order chi connectivity index (χ1) is 9.78. The molecule has 3 rings (SSSR count). The predicted octanol–water partition coefficient (Wildman–Crippen LogP) is 1.06. The molecule has 1 aromatic rings. The first kappa shape index (κ1) is 13.2. The smallest absolute Gasteiger partial charge is 0.267 e. The van der Waals surface area contributed by atoms with E-state index in [0.717, 1.165) is 12.8 Å². The van der Waals surface area contributed by atoms with Crippen LogP contribution in [0.1, 0.15) is 12.8 Å². The Morgan fingerprint density at radius 1 is 1.25 bits per heavy atom. The number of aliphatic hydroxyl groups is 1. The van der Waals surface area contributed by atoms with Crippen molar-refractivity contribution >= 4 is 5.91 Å². The second kappa shape index (κ2) is 5.71. The molecule has 1 saturated heterocycles. The number of hydrogen-bond donors (Lipinski definition) is 1. The fraction of sp³-hybridized carbons (Fsp3) is 0.533. The normalized spacial score (nSPS) is 22.6. The Bertz CT molecular complexity index is 483. The number of ether oxygens (including phenoxy) is 2. The van der Waals surface area contributed by atoms with Crippen LogP contribution in [0.2, 0.25) is 0 Å². The van der Waals surface area contributed by atoms with E-state index in [1.165, 1.54) is 0 Å². The van der Waals surface area contributed by atoms with Crippen LogP contribution < -0.4 is 9.47 Å². The Balaban J connectivity index is 1.62. The molecule has 5 heteroatoms. The van der Waals surface area contributed by atoms with E-state index in [0.29, 0.717) is 30.5 Å². The molecule has 1 amide bonds. The van der Waals surface area contributed by atoms with Gasteiger partial charge >= 0.3 is 0 Å². The SMILES string of the molecule is O=C(C1COc2ccccc2O1)N1CCC(CO)CC1. The van der Waals surface area contributed by atoms with Gasteiger partial charge in [0, 0.05) is 19.7 Å². The zero-order chi connectivity index (χ0) is 13.9. The van der Waals surface area contributed by atoms with Gasteiger partial charge in [-0.15, -0.1) is 0 Å². The Hall–Kier alpha value is -1.75.